The topological polar surface area (TPSA) is 37.3 Å². The molecular formula is C15H19F3O2. The van der Waals surface area contributed by atoms with Crippen LogP contribution in [0.15, 0.2) is 11.1 Å². The van der Waals surface area contributed by atoms with Crippen LogP contribution in [0.3, 0.4) is 0 Å². The summed E-state index contributed by atoms with van der Waals surface area (Å²) in [6.45, 7) is 1.41. The average molecular weight is 288 g/mol. The Balaban J connectivity index is 2.04. The number of rotatable bonds is 2. The molecule has 0 aromatic rings. The fourth-order valence-corrected chi connectivity index (χ4v) is 5.33. The Hall–Kier alpha value is -1.00. The highest BCUT2D eigenvalue weighted by Crippen LogP contribution is 2.63. The minimum absolute atomic E-state index is 0.0802. The molecule has 4 aliphatic carbocycles. The zero-order chi connectivity index (χ0) is 14.7. The Bertz CT molecular complexity index is 441. The minimum atomic E-state index is -4.76. The largest absolute Gasteiger partial charge is 0.478 e. The van der Waals surface area contributed by atoms with Gasteiger partial charge in [-0.15, -0.1) is 0 Å². The van der Waals surface area contributed by atoms with Gasteiger partial charge in [-0.2, -0.15) is 13.2 Å². The van der Waals surface area contributed by atoms with Gasteiger partial charge in [-0.3, -0.25) is 0 Å². The Kier molecular flexibility index (Phi) is 2.96. The van der Waals surface area contributed by atoms with Gasteiger partial charge in [-0.05, 0) is 74.2 Å². The van der Waals surface area contributed by atoms with E-state index >= 15 is 0 Å². The van der Waals surface area contributed by atoms with Crippen molar-refractivity contribution in [1.82, 2.24) is 0 Å². The smallest absolute Gasteiger partial charge is 0.423 e. The number of allylic oxidation sites excluding steroid dienone is 1. The first kappa shape index (κ1) is 14.0. The average Bonchev–Trinajstić information content (AvgIpc) is 2.23. The quantitative estimate of drug-likeness (QED) is 0.774. The third-order valence-electron chi connectivity index (χ3n) is 5.71. The number of alkyl halides is 3. The molecule has 0 aliphatic heterocycles. The maximum atomic E-state index is 13.1. The molecule has 5 heteroatoms. The first-order chi connectivity index (χ1) is 9.21. The summed E-state index contributed by atoms with van der Waals surface area (Å²) in [4.78, 5) is 11.1. The molecule has 0 spiro atoms. The molecule has 112 valence electrons. The molecule has 0 aromatic carbocycles. The van der Waals surface area contributed by atoms with Crippen LogP contribution in [-0.4, -0.2) is 17.3 Å². The fourth-order valence-electron chi connectivity index (χ4n) is 5.33. The maximum Gasteiger partial charge on any atom is 0.423 e. The second-order valence-electron chi connectivity index (χ2n) is 7.00. The molecule has 0 heterocycles. The van der Waals surface area contributed by atoms with E-state index in [2.05, 4.69) is 0 Å². The fraction of sp³-hybridized carbons (Fsp3) is 0.800. The van der Waals surface area contributed by atoms with Crippen LogP contribution >= 0.6 is 0 Å². The van der Waals surface area contributed by atoms with Crippen molar-refractivity contribution in [3.8, 4) is 0 Å². The SMILES string of the molecule is CC(=C(C(=O)O)C(F)(F)F)C12CC3CC(CC(C3)C1)C2. The van der Waals surface area contributed by atoms with Gasteiger partial charge in [0.25, 0.3) is 0 Å². The zero-order valence-electron chi connectivity index (χ0n) is 11.5. The van der Waals surface area contributed by atoms with E-state index < -0.39 is 23.1 Å². The van der Waals surface area contributed by atoms with E-state index in [0.717, 1.165) is 38.5 Å². The monoisotopic (exact) mass is 288 g/mol. The number of hydrogen-bond acceptors (Lipinski definition) is 1. The van der Waals surface area contributed by atoms with Crippen molar-refractivity contribution in [2.75, 3.05) is 0 Å². The van der Waals surface area contributed by atoms with E-state index in [1.807, 2.05) is 0 Å². The summed E-state index contributed by atoms with van der Waals surface area (Å²) in [7, 11) is 0. The number of carboxylic acid groups (broad SMARTS) is 1. The third kappa shape index (κ3) is 2.06. The number of halogens is 3. The molecule has 0 unspecified atom stereocenters. The summed E-state index contributed by atoms with van der Waals surface area (Å²) in [5, 5.41) is 9.00. The van der Waals surface area contributed by atoms with Gasteiger partial charge in [0.2, 0.25) is 0 Å². The van der Waals surface area contributed by atoms with Crippen molar-refractivity contribution in [1.29, 1.82) is 0 Å². The van der Waals surface area contributed by atoms with Crippen LogP contribution in [0, 0.1) is 23.2 Å². The second-order valence-corrected chi connectivity index (χ2v) is 7.00. The molecular weight excluding hydrogens is 269 g/mol. The maximum absolute atomic E-state index is 13.1. The Morgan fingerprint density at radius 3 is 1.75 bits per heavy atom. The number of hydrogen-bond donors (Lipinski definition) is 1. The molecule has 0 atom stereocenters. The van der Waals surface area contributed by atoms with Gasteiger partial charge in [-0.25, -0.2) is 4.79 Å². The van der Waals surface area contributed by atoms with Gasteiger partial charge in [0.05, 0.1) is 0 Å². The summed E-state index contributed by atoms with van der Waals surface area (Å²) in [6.07, 6.45) is 0.856. The highest BCUT2D eigenvalue weighted by atomic mass is 19.4. The van der Waals surface area contributed by atoms with E-state index in [1.165, 1.54) is 6.92 Å². The van der Waals surface area contributed by atoms with Crippen LogP contribution in [0.5, 0.6) is 0 Å². The lowest BCUT2D eigenvalue weighted by atomic mass is 9.47. The minimum Gasteiger partial charge on any atom is -0.478 e. The molecule has 4 rings (SSSR count). The van der Waals surface area contributed by atoms with Crippen molar-refractivity contribution in [3.63, 3.8) is 0 Å². The van der Waals surface area contributed by atoms with Gasteiger partial charge in [0, 0.05) is 0 Å². The van der Waals surface area contributed by atoms with Crippen LogP contribution in [-0.2, 0) is 4.79 Å². The van der Waals surface area contributed by atoms with Gasteiger partial charge >= 0.3 is 12.1 Å². The second kappa shape index (κ2) is 4.25. The van der Waals surface area contributed by atoms with E-state index in [1.54, 1.807) is 0 Å². The lowest BCUT2D eigenvalue weighted by Crippen LogP contribution is -2.47. The van der Waals surface area contributed by atoms with Gasteiger partial charge in [-0.1, -0.05) is 0 Å². The highest BCUT2D eigenvalue weighted by molar-refractivity contribution is 5.89. The normalized spacial score (nSPS) is 40.7. The van der Waals surface area contributed by atoms with Crippen LogP contribution in [0.2, 0.25) is 0 Å². The summed E-state index contributed by atoms with van der Waals surface area (Å²) in [6, 6.07) is 0. The van der Waals surface area contributed by atoms with E-state index in [-0.39, 0.29) is 5.57 Å². The van der Waals surface area contributed by atoms with Crippen molar-refractivity contribution < 1.29 is 23.1 Å². The zero-order valence-corrected chi connectivity index (χ0v) is 11.5. The van der Waals surface area contributed by atoms with Gasteiger partial charge < -0.3 is 5.11 Å². The molecule has 4 bridgehead atoms. The van der Waals surface area contributed by atoms with Crippen molar-refractivity contribution >= 4 is 5.97 Å². The molecule has 1 N–H and O–H groups in total. The molecule has 0 saturated heterocycles. The Morgan fingerprint density at radius 1 is 1.05 bits per heavy atom. The van der Waals surface area contributed by atoms with Gasteiger partial charge in [0.15, 0.2) is 0 Å². The Labute approximate surface area is 116 Å². The standard InChI is InChI=1S/C15H19F3O2/c1-8(12(13(19)20)15(16,17)18)14-5-9-2-10(6-14)4-11(3-9)7-14/h9-11H,2-7H2,1H3,(H,19,20). The first-order valence-electron chi connectivity index (χ1n) is 7.23. The number of carbonyl (C=O) groups is 1. The van der Waals surface area contributed by atoms with Crippen molar-refractivity contribution in [2.24, 2.45) is 23.2 Å². The van der Waals surface area contributed by atoms with E-state index in [0.29, 0.717) is 17.8 Å². The number of carboxylic acids is 1. The van der Waals surface area contributed by atoms with Crippen molar-refractivity contribution in [2.45, 2.75) is 51.6 Å². The number of aliphatic carboxylic acids is 1. The summed E-state index contributed by atoms with van der Waals surface area (Å²) < 4.78 is 39.2. The van der Waals surface area contributed by atoms with Crippen molar-refractivity contribution in [3.05, 3.63) is 11.1 Å². The van der Waals surface area contributed by atoms with Crippen LogP contribution in [0.25, 0.3) is 0 Å². The third-order valence-corrected chi connectivity index (χ3v) is 5.71. The van der Waals surface area contributed by atoms with E-state index in [9.17, 15) is 18.0 Å². The molecule has 4 aliphatic rings. The predicted octanol–water partition coefficient (Wildman–Crippen LogP) is 4.17. The lowest BCUT2D eigenvalue weighted by Gasteiger charge is -2.57. The molecule has 4 saturated carbocycles. The van der Waals surface area contributed by atoms with Crippen LogP contribution < -0.4 is 0 Å². The summed E-state index contributed by atoms with van der Waals surface area (Å²) in [5.41, 5.74) is -1.74. The molecule has 4 fully saturated rings. The predicted molar refractivity (Wildman–Crippen MR) is 67.0 cm³/mol. The molecule has 0 amide bonds. The molecule has 20 heavy (non-hydrogen) atoms. The van der Waals surface area contributed by atoms with Crippen LogP contribution in [0.4, 0.5) is 13.2 Å². The molecule has 0 aromatic heterocycles. The van der Waals surface area contributed by atoms with E-state index in [4.69, 9.17) is 5.11 Å². The molecule has 2 nitrogen and oxygen atoms in total. The Morgan fingerprint density at radius 2 is 1.45 bits per heavy atom. The van der Waals surface area contributed by atoms with Crippen LogP contribution in [0.1, 0.15) is 45.4 Å². The lowest BCUT2D eigenvalue weighted by molar-refractivity contribution is -0.146. The summed E-state index contributed by atoms with van der Waals surface area (Å²) in [5.74, 6) is -0.329. The highest BCUT2D eigenvalue weighted by Gasteiger charge is 2.54. The summed E-state index contributed by atoms with van der Waals surface area (Å²) >= 11 is 0. The molecule has 0 radical (unpaired) electrons. The van der Waals surface area contributed by atoms with Gasteiger partial charge in [0.1, 0.15) is 5.57 Å². The first-order valence-corrected chi connectivity index (χ1v) is 7.23.